The lowest BCUT2D eigenvalue weighted by atomic mass is 9.91. The number of hydrogen-bond donors (Lipinski definition) is 3. The van der Waals surface area contributed by atoms with E-state index < -0.39 is 11.9 Å². The number of halogens is 1. The van der Waals surface area contributed by atoms with E-state index in [9.17, 15) is 14.4 Å². The number of amides is 1. The lowest BCUT2D eigenvalue weighted by Crippen LogP contribution is -2.39. The van der Waals surface area contributed by atoms with Crippen molar-refractivity contribution in [2.45, 2.75) is 44.9 Å². The summed E-state index contributed by atoms with van der Waals surface area (Å²) in [5.41, 5.74) is 10.5. The van der Waals surface area contributed by atoms with Crippen LogP contribution in [0.2, 0.25) is 0 Å². The summed E-state index contributed by atoms with van der Waals surface area (Å²) in [6.07, 6.45) is 4.80. The summed E-state index contributed by atoms with van der Waals surface area (Å²) in [6.45, 7) is 6.67. The summed E-state index contributed by atoms with van der Waals surface area (Å²) >= 11 is 1.03. The smallest absolute Gasteiger partial charge is 0.244 e. The minimum Gasteiger partial charge on any atom is -0.389 e. The number of pyridine rings is 1. The first kappa shape index (κ1) is 31.5. The number of amidine groups is 1. The van der Waals surface area contributed by atoms with E-state index in [0.717, 1.165) is 54.5 Å². The number of nitrogens with two attached hydrogens (primary N) is 1. The molecule has 6 rings (SSSR count). The number of nitriles is 1. The molecule has 1 aliphatic carbocycles. The number of nitrogen functional groups attached to an aromatic ring is 1. The maximum atomic E-state index is 15.0. The number of rotatable bonds is 10. The van der Waals surface area contributed by atoms with Gasteiger partial charge in [0.15, 0.2) is 11.7 Å². The number of ether oxygens (including phenoxy) is 2. The molecule has 2 unspecified atom stereocenters. The van der Waals surface area contributed by atoms with Crippen molar-refractivity contribution in [3.63, 3.8) is 0 Å². The van der Waals surface area contributed by atoms with Crippen LogP contribution in [0.3, 0.4) is 0 Å². The van der Waals surface area contributed by atoms with E-state index in [2.05, 4.69) is 61.6 Å². The third-order valence-electron chi connectivity index (χ3n) is 8.57. The Morgan fingerprint density at radius 3 is 2.89 bits per heavy atom. The molecule has 3 aromatic rings. The lowest BCUT2D eigenvalue weighted by Gasteiger charge is -2.24. The van der Waals surface area contributed by atoms with Crippen LogP contribution in [0.4, 0.5) is 15.1 Å². The number of benzene rings is 1. The number of fused-ring (bicyclic) bond motifs is 2. The first-order valence-corrected chi connectivity index (χ1v) is 16.2. The fourth-order valence-electron chi connectivity index (χ4n) is 6.33. The normalized spacial score (nSPS) is 19.0. The molecular weight excluding hydrogens is 614 g/mol. The van der Waals surface area contributed by atoms with E-state index in [0.29, 0.717) is 58.6 Å². The van der Waals surface area contributed by atoms with Crippen molar-refractivity contribution in [1.29, 1.82) is 5.26 Å². The summed E-state index contributed by atoms with van der Waals surface area (Å²) in [4.78, 5) is 28.5. The Bertz CT molecular complexity index is 1760. The molecule has 4 heterocycles. The quantitative estimate of drug-likeness (QED) is 0.0992. The Balaban J connectivity index is 1.50. The molecule has 2 atom stereocenters. The Morgan fingerprint density at radius 1 is 1.42 bits per heavy atom. The Labute approximate surface area is 267 Å². The average Bonchev–Trinajstić information content (AvgIpc) is 3.42. The van der Waals surface area contributed by atoms with Gasteiger partial charge in [0.2, 0.25) is 5.91 Å². The topological polar surface area (TPSA) is 150 Å². The SMILES string of the molecule is C=NC(=NC1CCCNC1=O)c1c2c(c(-c3ncc(F)c4sc(N)c(C#N)c34)c(P)c1NCOCC1(CN(C)C)CC1)COC2. The fraction of sp³-hybridized carbons (Fsp3) is 0.452. The van der Waals surface area contributed by atoms with Gasteiger partial charge >= 0.3 is 0 Å². The number of nitrogens with one attached hydrogen (secondary N) is 2. The number of aliphatic imine (C=N–C) groups is 2. The van der Waals surface area contributed by atoms with Crippen LogP contribution in [0.15, 0.2) is 16.2 Å². The number of hydrogen-bond acceptors (Lipinski definition) is 10. The van der Waals surface area contributed by atoms with Crippen molar-refractivity contribution in [3.8, 4) is 17.3 Å². The predicted octanol–water partition coefficient (Wildman–Crippen LogP) is 3.54. The number of aromatic nitrogens is 1. The standard InChI is InChI=1S/C31H36FN8O3PS/c1-35-29(39-20-5-4-8-36-30(20)41)23-18-12-42-11-17(18)21(24-22-16(9-33)28(34)45-27(22)19(32)10-37-24)26(44)25(23)38-15-43-14-31(6-7-31)13-40(2)3/h10,20,38H,1,4-8,11-15,34,44H2,2-3H3,(H,36,41). The van der Waals surface area contributed by atoms with E-state index in [-0.39, 0.29) is 46.5 Å². The van der Waals surface area contributed by atoms with E-state index in [1.54, 1.807) is 0 Å². The van der Waals surface area contributed by atoms with Gasteiger partial charge in [-0.3, -0.25) is 14.8 Å². The summed E-state index contributed by atoms with van der Waals surface area (Å²) in [5.74, 6) is -0.378. The summed E-state index contributed by atoms with van der Waals surface area (Å²) < 4.78 is 27.4. The number of anilines is 2. The van der Waals surface area contributed by atoms with Gasteiger partial charge in [-0.2, -0.15) is 5.26 Å². The summed E-state index contributed by atoms with van der Waals surface area (Å²) in [7, 11) is 6.90. The number of thiophene rings is 1. The van der Waals surface area contributed by atoms with E-state index in [1.165, 1.54) is 0 Å². The molecule has 3 aliphatic rings. The average molecular weight is 651 g/mol. The number of carbonyl (C=O) groups is 1. The fourth-order valence-corrected chi connectivity index (χ4v) is 7.81. The van der Waals surface area contributed by atoms with Gasteiger partial charge in [-0.05, 0) is 57.6 Å². The Kier molecular flexibility index (Phi) is 8.87. The van der Waals surface area contributed by atoms with Gasteiger partial charge in [-0.25, -0.2) is 9.38 Å². The van der Waals surface area contributed by atoms with Gasteiger partial charge in [0.25, 0.3) is 0 Å². The molecule has 1 saturated carbocycles. The summed E-state index contributed by atoms with van der Waals surface area (Å²) in [5, 5.41) is 17.6. The molecule has 0 spiro atoms. The number of carbonyl (C=O) groups excluding carboxylic acids is 1. The van der Waals surface area contributed by atoms with Crippen LogP contribution >= 0.6 is 20.6 Å². The monoisotopic (exact) mass is 650 g/mol. The molecule has 11 nitrogen and oxygen atoms in total. The van der Waals surface area contributed by atoms with Crippen molar-refractivity contribution in [2.75, 3.05) is 51.6 Å². The van der Waals surface area contributed by atoms with Crippen molar-refractivity contribution < 1.29 is 18.7 Å². The van der Waals surface area contributed by atoms with Gasteiger partial charge in [0.05, 0.1) is 47.7 Å². The molecule has 2 aromatic heterocycles. The molecule has 14 heteroatoms. The van der Waals surface area contributed by atoms with Crippen molar-refractivity contribution in [3.05, 3.63) is 34.3 Å². The molecule has 1 amide bonds. The Hall–Kier alpha value is -3.53. The predicted molar refractivity (Wildman–Crippen MR) is 179 cm³/mol. The third-order valence-corrected chi connectivity index (χ3v) is 10.2. The first-order valence-electron chi connectivity index (χ1n) is 14.8. The zero-order valence-electron chi connectivity index (χ0n) is 25.3. The van der Waals surface area contributed by atoms with Crippen LogP contribution in [0.25, 0.3) is 21.3 Å². The second kappa shape index (κ2) is 12.7. The van der Waals surface area contributed by atoms with Crippen LogP contribution in [-0.4, -0.2) is 74.9 Å². The molecule has 1 aromatic carbocycles. The lowest BCUT2D eigenvalue weighted by molar-refractivity contribution is -0.123. The molecule has 45 heavy (non-hydrogen) atoms. The molecule has 2 fully saturated rings. The van der Waals surface area contributed by atoms with Crippen LogP contribution in [0.1, 0.15) is 47.9 Å². The third kappa shape index (κ3) is 5.93. The van der Waals surface area contributed by atoms with Crippen LogP contribution < -0.4 is 21.7 Å². The highest BCUT2D eigenvalue weighted by Crippen LogP contribution is 2.47. The molecule has 0 bridgehead atoms. The van der Waals surface area contributed by atoms with E-state index >= 15 is 0 Å². The molecule has 0 radical (unpaired) electrons. The Morgan fingerprint density at radius 2 is 2.20 bits per heavy atom. The molecule has 1 saturated heterocycles. The molecule has 2 aliphatic heterocycles. The van der Waals surface area contributed by atoms with Crippen LogP contribution in [0, 0.1) is 22.6 Å². The van der Waals surface area contributed by atoms with Gasteiger partial charge in [-0.15, -0.1) is 20.6 Å². The maximum absolute atomic E-state index is 15.0. The van der Waals surface area contributed by atoms with Gasteiger partial charge in [0.1, 0.15) is 23.8 Å². The first-order chi connectivity index (χ1) is 21.7. The van der Waals surface area contributed by atoms with Gasteiger partial charge in [-0.1, -0.05) is 0 Å². The van der Waals surface area contributed by atoms with E-state index in [1.807, 2.05) is 0 Å². The largest absolute Gasteiger partial charge is 0.389 e. The number of nitrogens with zero attached hydrogens (tertiary/aromatic N) is 5. The second-order valence-electron chi connectivity index (χ2n) is 12.1. The molecule has 4 N–H and O–H groups in total. The molecular formula is C31H36FN8O3PS. The van der Waals surface area contributed by atoms with Crippen molar-refractivity contribution in [1.82, 2.24) is 15.2 Å². The van der Waals surface area contributed by atoms with Crippen LogP contribution in [0.5, 0.6) is 0 Å². The minimum absolute atomic E-state index is 0.147. The highest BCUT2D eigenvalue weighted by molar-refractivity contribution is 7.28. The zero-order valence-corrected chi connectivity index (χ0v) is 27.3. The molecule has 236 valence electrons. The second-order valence-corrected chi connectivity index (χ2v) is 13.7. The van der Waals surface area contributed by atoms with Crippen LogP contribution in [-0.2, 0) is 27.5 Å². The van der Waals surface area contributed by atoms with E-state index in [4.69, 9.17) is 20.2 Å². The van der Waals surface area contributed by atoms with Crippen molar-refractivity contribution >= 4 is 65.1 Å². The van der Waals surface area contributed by atoms with Gasteiger partial charge < -0.3 is 30.7 Å². The summed E-state index contributed by atoms with van der Waals surface area (Å²) in [6, 6.07) is 1.55. The maximum Gasteiger partial charge on any atom is 0.244 e. The number of piperidine rings is 1. The minimum atomic E-state index is -0.597. The highest BCUT2D eigenvalue weighted by Gasteiger charge is 2.43. The van der Waals surface area contributed by atoms with Gasteiger partial charge in [0, 0.05) is 40.3 Å². The zero-order chi connectivity index (χ0) is 31.9. The highest BCUT2D eigenvalue weighted by atomic mass is 32.1. The van der Waals surface area contributed by atoms with Crippen molar-refractivity contribution in [2.24, 2.45) is 15.4 Å².